The largest absolute Gasteiger partial charge is 0.487 e. The van der Waals surface area contributed by atoms with Crippen molar-refractivity contribution in [1.82, 2.24) is 0 Å². The number of nitrogens with zero attached hydrogens (tertiary/aromatic N) is 1. The second kappa shape index (κ2) is 7.12. The van der Waals surface area contributed by atoms with Gasteiger partial charge in [0.1, 0.15) is 0 Å². The highest BCUT2D eigenvalue weighted by Gasteiger charge is 2.18. The molecule has 1 aromatic carbocycles. The highest BCUT2D eigenvalue weighted by molar-refractivity contribution is 5.58. The lowest BCUT2D eigenvalue weighted by Crippen LogP contribution is -2.22. The average Bonchev–Trinajstić information content (AvgIpc) is 2.42. The predicted molar refractivity (Wildman–Crippen MR) is 81.4 cm³/mol. The first-order valence-electron chi connectivity index (χ1n) is 7.04. The fourth-order valence-electron chi connectivity index (χ4n) is 1.57. The Bertz CT molecular complexity index is 458. The fourth-order valence-corrected chi connectivity index (χ4v) is 1.57. The van der Waals surface area contributed by atoms with E-state index in [4.69, 9.17) is 4.74 Å². The molecule has 1 rings (SSSR count). The molecule has 0 radical (unpaired) electrons. The zero-order valence-corrected chi connectivity index (χ0v) is 12.7. The second-order valence-corrected chi connectivity index (χ2v) is 5.66. The minimum Gasteiger partial charge on any atom is -0.487 e. The van der Waals surface area contributed by atoms with Gasteiger partial charge in [-0.2, -0.15) is 0 Å². The van der Waals surface area contributed by atoms with Crippen molar-refractivity contribution in [1.29, 1.82) is 0 Å². The van der Waals surface area contributed by atoms with Gasteiger partial charge in [-0.25, -0.2) is 0 Å². The van der Waals surface area contributed by atoms with E-state index in [0.717, 1.165) is 25.1 Å². The molecule has 0 fully saturated rings. The van der Waals surface area contributed by atoms with Gasteiger partial charge in [0.05, 0.1) is 11.5 Å². The van der Waals surface area contributed by atoms with Crippen molar-refractivity contribution in [3.05, 3.63) is 28.3 Å². The summed E-state index contributed by atoms with van der Waals surface area (Å²) in [6.45, 7) is 9.77. The Labute approximate surface area is 120 Å². The third kappa shape index (κ3) is 4.72. The van der Waals surface area contributed by atoms with E-state index in [2.05, 4.69) is 26.1 Å². The van der Waals surface area contributed by atoms with Crippen molar-refractivity contribution in [3.63, 3.8) is 0 Å². The maximum Gasteiger partial charge on any atom is 0.311 e. The normalized spacial score (nSPS) is 11.2. The van der Waals surface area contributed by atoms with Crippen LogP contribution in [0.4, 0.5) is 11.4 Å². The molecule has 0 saturated carbocycles. The van der Waals surface area contributed by atoms with Gasteiger partial charge >= 0.3 is 5.69 Å². The van der Waals surface area contributed by atoms with E-state index in [9.17, 15) is 10.1 Å². The summed E-state index contributed by atoms with van der Waals surface area (Å²) in [5, 5.41) is 14.3. The lowest BCUT2D eigenvalue weighted by molar-refractivity contribution is -0.385. The number of ether oxygens (including phenoxy) is 1. The number of nitro benzene ring substituents is 1. The third-order valence-electron chi connectivity index (χ3n) is 3.35. The Hall–Kier alpha value is -1.78. The Morgan fingerprint density at radius 2 is 2.05 bits per heavy atom. The van der Waals surface area contributed by atoms with Crippen LogP contribution in [0, 0.1) is 15.5 Å². The summed E-state index contributed by atoms with van der Waals surface area (Å²) in [5.41, 5.74) is 1.05. The molecular weight excluding hydrogens is 256 g/mol. The summed E-state index contributed by atoms with van der Waals surface area (Å²) in [7, 11) is 0. The van der Waals surface area contributed by atoms with Gasteiger partial charge in [0.25, 0.3) is 0 Å². The molecule has 0 aliphatic heterocycles. The topological polar surface area (TPSA) is 64.4 Å². The van der Waals surface area contributed by atoms with E-state index in [1.165, 1.54) is 6.07 Å². The lowest BCUT2D eigenvalue weighted by Gasteiger charge is -2.23. The van der Waals surface area contributed by atoms with Crippen molar-refractivity contribution >= 4 is 11.4 Å². The number of benzene rings is 1. The molecule has 0 aromatic heterocycles. The van der Waals surface area contributed by atoms with E-state index in [1.54, 1.807) is 12.1 Å². The highest BCUT2D eigenvalue weighted by Crippen LogP contribution is 2.31. The van der Waals surface area contributed by atoms with Gasteiger partial charge in [0.15, 0.2) is 5.75 Å². The van der Waals surface area contributed by atoms with Crippen LogP contribution in [0.2, 0.25) is 0 Å². The Morgan fingerprint density at radius 3 is 2.60 bits per heavy atom. The van der Waals surface area contributed by atoms with Gasteiger partial charge < -0.3 is 10.1 Å². The van der Waals surface area contributed by atoms with Crippen molar-refractivity contribution in [2.24, 2.45) is 5.41 Å². The van der Waals surface area contributed by atoms with Crippen molar-refractivity contribution in [2.45, 2.75) is 40.5 Å². The molecule has 5 nitrogen and oxygen atoms in total. The molecule has 0 aliphatic carbocycles. The van der Waals surface area contributed by atoms with Crippen molar-refractivity contribution < 1.29 is 9.66 Å². The summed E-state index contributed by atoms with van der Waals surface area (Å²) in [4.78, 5) is 10.6. The number of hydrogen-bond acceptors (Lipinski definition) is 4. The number of hydrogen-bond donors (Lipinski definition) is 1. The maximum absolute atomic E-state index is 11.0. The molecule has 5 heteroatoms. The van der Waals surface area contributed by atoms with Gasteiger partial charge in [-0.3, -0.25) is 10.1 Å². The van der Waals surface area contributed by atoms with E-state index < -0.39 is 4.92 Å². The molecule has 112 valence electrons. The minimum absolute atomic E-state index is 0.0127. The van der Waals surface area contributed by atoms with Crippen LogP contribution in [0.5, 0.6) is 5.75 Å². The fraction of sp³-hybridized carbons (Fsp3) is 0.600. The molecule has 0 heterocycles. The summed E-state index contributed by atoms with van der Waals surface area (Å²) in [5.74, 6) is 0.330. The SMILES string of the molecule is CCCOc1cc(NCC(C)(C)CC)ccc1[N+](=O)[O-]. The summed E-state index contributed by atoms with van der Waals surface area (Å²) in [6.07, 6.45) is 1.88. The maximum atomic E-state index is 11.0. The number of nitrogens with one attached hydrogen (secondary N) is 1. The Balaban J connectivity index is 2.86. The van der Waals surface area contributed by atoms with Crippen LogP contribution in [0.3, 0.4) is 0 Å². The molecule has 0 amide bonds. The highest BCUT2D eigenvalue weighted by atomic mass is 16.6. The summed E-state index contributed by atoms with van der Waals surface area (Å²) in [6, 6.07) is 4.93. The van der Waals surface area contributed by atoms with Crippen LogP contribution in [0.25, 0.3) is 0 Å². The predicted octanol–water partition coefficient (Wildman–Crippen LogP) is 4.23. The van der Waals surface area contributed by atoms with Gasteiger partial charge in [0.2, 0.25) is 0 Å². The summed E-state index contributed by atoms with van der Waals surface area (Å²) >= 11 is 0. The lowest BCUT2D eigenvalue weighted by atomic mass is 9.90. The minimum atomic E-state index is -0.412. The molecule has 20 heavy (non-hydrogen) atoms. The molecule has 0 aliphatic rings. The first-order chi connectivity index (χ1) is 9.39. The van der Waals surface area contributed by atoms with Crippen LogP contribution >= 0.6 is 0 Å². The molecular formula is C15H24N2O3. The average molecular weight is 280 g/mol. The zero-order chi connectivity index (χ0) is 15.2. The van der Waals surface area contributed by atoms with E-state index >= 15 is 0 Å². The molecule has 0 bridgehead atoms. The van der Waals surface area contributed by atoms with Crippen LogP contribution in [-0.4, -0.2) is 18.1 Å². The molecule has 0 spiro atoms. The number of nitro groups is 1. The number of anilines is 1. The van der Waals surface area contributed by atoms with Crippen molar-refractivity contribution in [2.75, 3.05) is 18.5 Å². The van der Waals surface area contributed by atoms with Gasteiger partial charge in [0, 0.05) is 24.4 Å². The first kappa shape index (κ1) is 16.3. The second-order valence-electron chi connectivity index (χ2n) is 5.66. The van der Waals surface area contributed by atoms with Gasteiger partial charge in [-0.1, -0.05) is 27.7 Å². The van der Waals surface area contributed by atoms with Crippen LogP contribution in [0.15, 0.2) is 18.2 Å². The molecule has 0 unspecified atom stereocenters. The number of rotatable bonds is 8. The van der Waals surface area contributed by atoms with Gasteiger partial charge in [-0.05, 0) is 24.3 Å². The first-order valence-corrected chi connectivity index (χ1v) is 7.04. The zero-order valence-electron chi connectivity index (χ0n) is 12.7. The smallest absolute Gasteiger partial charge is 0.311 e. The molecule has 0 atom stereocenters. The Morgan fingerprint density at radius 1 is 1.35 bits per heavy atom. The summed E-state index contributed by atoms with van der Waals surface area (Å²) < 4.78 is 5.46. The quantitative estimate of drug-likeness (QED) is 0.571. The van der Waals surface area contributed by atoms with Crippen LogP contribution in [0.1, 0.15) is 40.5 Å². The standard InChI is InChI=1S/C15H24N2O3/c1-5-9-20-14-10-12(7-8-13(14)17(18)19)16-11-15(3,4)6-2/h7-8,10,16H,5-6,9,11H2,1-4H3. The van der Waals surface area contributed by atoms with Crippen LogP contribution < -0.4 is 10.1 Å². The monoisotopic (exact) mass is 280 g/mol. The molecule has 0 saturated heterocycles. The van der Waals surface area contributed by atoms with Crippen LogP contribution in [-0.2, 0) is 0 Å². The Kier molecular flexibility index (Phi) is 5.80. The molecule has 1 aromatic rings. The third-order valence-corrected chi connectivity index (χ3v) is 3.35. The van der Waals surface area contributed by atoms with Crippen molar-refractivity contribution in [3.8, 4) is 5.75 Å². The van der Waals surface area contributed by atoms with E-state index in [0.29, 0.717) is 12.4 Å². The van der Waals surface area contributed by atoms with E-state index in [1.807, 2.05) is 6.92 Å². The molecule has 1 N–H and O–H groups in total. The van der Waals surface area contributed by atoms with Gasteiger partial charge in [-0.15, -0.1) is 0 Å². The van der Waals surface area contributed by atoms with E-state index in [-0.39, 0.29) is 11.1 Å².